The molecule has 0 bridgehead atoms. The van der Waals surface area contributed by atoms with E-state index in [1.807, 2.05) is 31.2 Å². The zero-order chi connectivity index (χ0) is 30.2. The van der Waals surface area contributed by atoms with Crippen LogP contribution in [0.1, 0.15) is 76.0 Å². The summed E-state index contributed by atoms with van der Waals surface area (Å²) in [5, 5.41) is 6.25. The second-order valence-corrected chi connectivity index (χ2v) is 12.5. The van der Waals surface area contributed by atoms with Gasteiger partial charge in [-0.15, -0.1) is 0 Å². The van der Waals surface area contributed by atoms with Crippen LogP contribution in [0.3, 0.4) is 0 Å². The van der Waals surface area contributed by atoms with E-state index in [4.69, 9.17) is 17.3 Å². The van der Waals surface area contributed by atoms with Crippen molar-refractivity contribution in [2.45, 2.75) is 91.3 Å². The molecule has 3 amide bonds. The first kappa shape index (κ1) is 32.3. The Morgan fingerprint density at radius 2 is 1.76 bits per heavy atom. The lowest BCUT2D eigenvalue weighted by atomic mass is 9.89. The molecule has 0 radical (unpaired) electrons. The quantitative estimate of drug-likeness (QED) is 0.327. The minimum Gasteiger partial charge on any atom is -0.342 e. The van der Waals surface area contributed by atoms with Gasteiger partial charge in [0, 0.05) is 42.9 Å². The molecule has 0 saturated heterocycles. The third kappa shape index (κ3) is 9.68. The van der Waals surface area contributed by atoms with Gasteiger partial charge in [-0.3, -0.25) is 19.2 Å². The summed E-state index contributed by atoms with van der Waals surface area (Å²) in [6.45, 7) is 8.71. The minimum absolute atomic E-state index is 0.0446. The average molecular weight is 583 g/mol. The highest BCUT2D eigenvalue weighted by Crippen LogP contribution is 2.26. The van der Waals surface area contributed by atoms with Crippen molar-refractivity contribution in [2.24, 2.45) is 11.1 Å². The predicted octanol–water partition coefficient (Wildman–Crippen LogP) is 4.94. The number of nitrogens with two attached hydrogens (primary N) is 1. The maximum Gasteiger partial charge on any atom is 0.246 e. The highest BCUT2D eigenvalue weighted by Gasteiger charge is 2.36. The summed E-state index contributed by atoms with van der Waals surface area (Å²) in [5.41, 5.74) is 9.25. The van der Waals surface area contributed by atoms with E-state index >= 15 is 0 Å². The van der Waals surface area contributed by atoms with Gasteiger partial charge in [-0.2, -0.15) is 0 Å². The van der Waals surface area contributed by atoms with Crippen molar-refractivity contribution in [1.82, 2.24) is 10.2 Å². The molecule has 1 heterocycles. The van der Waals surface area contributed by atoms with Crippen molar-refractivity contribution in [3.8, 4) is 0 Å². The Kier molecular flexibility index (Phi) is 11.5. The van der Waals surface area contributed by atoms with Crippen molar-refractivity contribution >= 4 is 40.8 Å². The first-order valence-corrected chi connectivity index (χ1v) is 14.7. The molecule has 8 nitrogen and oxygen atoms in total. The summed E-state index contributed by atoms with van der Waals surface area (Å²) >= 11 is 6.10. The number of aryl methyl sites for hydroxylation is 1. The SMILES string of the molecule is Cc1cc(NC(=O)[C@H](CCN)NC(=O)[C@@H]2Cc3ccccc3CN2C(=O)CCC(=O)CCCC(C)(C)C)ccc1Cl. The molecule has 2 aromatic carbocycles. The lowest BCUT2D eigenvalue weighted by Crippen LogP contribution is -2.56. The molecule has 2 atom stereocenters. The van der Waals surface area contributed by atoms with Gasteiger partial charge in [0.25, 0.3) is 0 Å². The molecule has 0 unspecified atom stereocenters. The van der Waals surface area contributed by atoms with Gasteiger partial charge in [0.2, 0.25) is 17.7 Å². The summed E-state index contributed by atoms with van der Waals surface area (Å²) in [5.74, 6) is -1.02. The van der Waals surface area contributed by atoms with Gasteiger partial charge >= 0.3 is 0 Å². The number of nitrogens with zero attached hydrogens (tertiary/aromatic N) is 1. The number of anilines is 1. The number of carbonyl (C=O) groups excluding carboxylic acids is 4. The molecule has 3 rings (SSSR count). The molecule has 0 aliphatic carbocycles. The number of rotatable bonds is 12. The smallest absolute Gasteiger partial charge is 0.246 e. The number of hydrogen-bond acceptors (Lipinski definition) is 5. The number of halogens is 1. The number of nitrogens with one attached hydrogen (secondary N) is 2. The second kappa shape index (κ2) is 14.6. The second-order valence-electron chi connectivity index (χ2n) is 12.1. The zero-order valence-corrected chi connectivity index (χ0v) is 25.4. The van der Waals surface area contributed by atoms with Crippen LogP contribution in [0, 0.1) is 12.3 Å². The number of Topliss-reactive ketones (excluding diaryl/α,β-unsaturated/α-hetero) is 1. The maximum absolute atomic E-state index is 13.6. The van der Waals surface area contributed by atoms with E-state index in [9.17, 15) is 19.2 Å². The first-order valence-electron chi connectivity index (χ1n) is 14.3. The first-order chi connectivity index (χ1) is 19.4. The molecule has 0 spiro atoms. The fourth-order valence-electron chi connectivity index (χ4n) is 5.01. The molecule has 41 heavy (non-hydrogen) atoms. The van der Waals surface area contributed by atoms with E-state index in [1.165, 1.54) is 0 Å². The largest absolute Gasteiger partial charge is 0.342 e. The van der Waals surface area contributed by atoms with Gasteiger partial charge in [-0.05, 0) is 73.0 Å². The van der Waals surface area contributed by atoms with Crippen LogP contribution < -0.4 is 16.4 Å². The van der Waals surface area contributed by atoms with E-state index in [2.05, 4.69) is 31.4 Å². The monoisotopic (exact) mass is 582 g/mol. The average Bonchev–Trinajstić information content (AvgIpc) is 2.92. The van der Waals surface area contributed by atoms with Gasteiger partial charge in [0.15, 0.2) is 0 Å². The third-order valence-electron chi connectivity index (χ3n) is 7.39. The molecule has 9 heteroatoms. The van der Waals surface area contributed by atoms with Crippen molar-refractivity contribution in [2.75, 3.05) is 11.9 Å². The van der Waals surface area contributed by atoms with Crippen LogP contribution in [-0.4, -0.2) is 47.0 Å². The summed E-state index contributed by atoms with van der Waals surface area (Å²) in [7, 11) is 0. The maximum atomic E-state index is 13.6. The highest BCUT2D eigenvalue weighted by atomic mass is 35.5. The molecule has 0 aromatic heterocycles. The van der Waals surface area contributed by atoms with E-state index < -0.39 is 23.9 Å². The Labute approximate surface area is 248 Å². The summed E-state index contributed by atoms with van der Waals surface area (Å²) in [4.78, 5) is 54.2. The molecule has 0 saturated carbocycles. The fraction of sp³-hybridized carbons (Fsp3) is 0.500. The Hall–Kier alpha value is -3.23. The molecular formula is C32H43ClN4O4. The molecule has 0 fully saturated rings. The highest BCUT2D eigenvalue weighted by molar-refractivity contribution is 6.31. The minimum atomic E-state index is -0.887. The zero-order valence-electron chi connectivity index (χ0n) is 24.6. The van der Waals surface area contributed by atoms with E-state index in [0.29, 0.717) is 23.6 Å². The van der Waals surface area contributed by atoms with E-state index in [0.717, 1.165) is 29.5 Å². The lowest BCUT2D eigenvalue weighted by Gasteiger charge is -2.36. The normalized spacial score (nSPS) is 15.6. The van der Waals surface area contributed by atoms with E-state index in [-0.39, 0.29) is 49.5 Å². The van der Waals surface area contributed by atoms with Gasteiger partial charge in [-0.25, -0.2) is 0 Å². The third-order valence-corrected chi connectivity index (χ3v) is 7.81. The Balaban J connectivity index is 1.70. The fourth-order valence-corrected chi connectivity index (χ4v) is 5.12. The van der Waals surface area contributed by atoms with Crippen LogP contribution in [0.5, 0.6) is 0 Å². The van der Waals surface area contributed by atoms with Crippen molar-refractivity contribution < 1.29 is 19.2 Å². The Morgan fingerprint density at radius 1 is 1.05 bits per heavy atom. The van der Waals surface area contributed by atoms with Gasteiger partial charge in [0.1, 0.15) is 17.9 Å². The number of benzene rings is 2. The van der Waals surface area contributed by atoms with Crippen molar-refractivity contribution in [3.05, 3.63) is 64.2 Å². The topological polar surface area (TPSA) is 122 Å². The molecule has 222 valence electrons. The number of ketones is 1. The summed E-state index contributed by atoms with van der Waals surface area (Å²) in [6, 6.07) is 11.1. The van der Waals surface area contributed by atoms with Crippen LogP contribution >= 0.6 is 11.6 Å². The number of fused-ring (bicyclic) bond motifs is 1. The standard InChI is InChI=1S/C32H43ClN4O4/c1-21-18-24(11-13-26(21)33)35-30(40)27(15-17-34)36-31(41)28-19-22-8-5-6-9-23(22)20-37(28)29(39)14-12-25(38)10-7-16-32(2,3)4/h5-6,8-9,11,13,18,27-28H,7,10,12,14-17,19-20,34H2,1-4H3,(H,35,40)(H,36,41)/t27-,28-/m0/s1. The number of hydrogen-bond donors (Lipinski definition) is 3. The summed E-state index contributed by atoms with van der Waals surface area (Å²) < 4.78 is 0. The van der Waals surface area contributed by atoms with Crippen LogP contribution in [0.25, 0.3) is 0 Å². The summed E-state index contributed by atoms with van der Waals surface area (Å²) in [6.07, 6.45) is 2.91. The number of carbonyl (C=O) groups is 4. The van der Waals surface area contributed by atoms with Crippen LogP contribution in [0.15, 0.2) is 42.5 Å². The van der Waals surface area contributed by atoms with Crippen LogP contribution in [0.2, 0.25) is 5.02 Å². The Bertz CT molecular complexity index is 1260. The lowest BCUT2D eigenvalue weighted by molar-refractivity contribution is -0.143. The predicted molar refractivity (Wildman–Crippen MR) is 162 cm³/mol. The van der Waals surface area contributed by atoms with Crippen LogP contribution in [-0.2, 0) is 32.1 Å². The molecule has 2 aromatic rings. The van der Waals surface area contributed by atoms with E-state index in [1.54, 1.807) is 23.1 Å². The molecule has 1 aliphatic heterocycles. The Morgan fingerprint density at radius 3 is 2.41 bits per heavy atom. The molecule has 1 aliphatic rings. The van der Waals surface area contributed by atoms with Crippen molar-refractivity contribution in [1.29, 1.82) is 0 Å². The molecule has 4 N–H and O–H groups in total. The molecular weight excluding hydrogens is 540 g/mol. The van der Waals surface area contributed by atoms with Crippen LogP contribution in [0.4, 0.5) is 5.69 Å². The number of amides is 3. The van der Waals surface area contributed by atoms with Gasteiger partial charge < -0.3 is 21.3 Å². The van der Waals surface area contributed by atoms with Gasteiger partial charge in [0.05, 0.1) is 0 Å². The van der Waals surface area contributed by atoms with Gasteiger partial charge in [-0.1, -0.05) is 56.6 Å². The van der Waals surface area contributed by atoms with Crippen molar-refractivity contribution in [3.63, 3.8) is 0 Å².